The minimum absolute atomic E-state index is 0.0858. The predicted molar refractivity (Wildman–Crippen MR) is 241 cm³/mol. The maximum Gasteiger partial charge on any atom is 0.143 e. The molecule has 58 heavy (non-hydrogen) atoms. The van der Waals surface area contributed by atoms with Gasteiger partial charge >= 0.3 is 0 Å². The number of fused-ring (bicyclic) bond motifs is 12. The second kappa shape index (κ2) is 12.3. The number of nitrogens with zero attached hydrogens (tertiary/aromatic N) is 2. The van der Waals surface area contributed by atoms with E-state index < -0.39 is 0 Å². The van der Waals surface area contributed by atoms with Crippen molar-refractivity contribution in [2.45, 2.75) is 19.3 Å². The minimum Gasteiger partial charge on any atom is -0.455 e. The fraction of sp³-hybridized carbons (Fsp3) is 0.0545. The Morgan fingerprint density at radius 1 is 0.379 bits per heavy atom. The lowest BCUT2D eigenvalue weighted by atomic mass is 9.81. The maximum atomic E-state index is 7.06. The quantitative estimate of drug-likeness (QED) is 0.169. The van der Waals surface area contributed by atoms with Gasteiger partial charge in [0.05, 0.1) is 22.9 Å². The molecule has 0 atom stereocenters. The first-order valence-electron chi connectivity index (χ1n) is 20.0. The van der Waals surface area contributed by atoms with Crippen LogP contribution in [0.25, 0.3) is 110 Å². The molecule has 2 heterocycles. The van der Waals surface area contributed by atoms with E-state index in [1.165, 1.54) is 33.0 Å². The van der Waals surface area contributed by atoms with Gasteiger partial charge in [-0.05, 0) is 61.3 Å². The van der Waals surface area contributed by atoms with Crippen LogP contribution in [0.1, 0.15) is 25.0 Å². The summed E-state index contributed by atoms with van der Waals surface area (Å²) in [6.07, 6.45) is 1.94. The average molecular weight is 741 g/mol. The van der Waals surface area contributed by atoms with Gasteiger partial charge in [0.2, 0.25) is 0 Å². The summed E-state index contributed by atoms with van der Waals surface area (Å²) < 4.78 is 7.06. The van der Waals surface area contributed by atoms with Gasteiger partial charge in [-0.15, -0.1) is 0 Å². The van der Waals surface area contributed by atoms with E-state index in [0.29, 0.717) is 0 Å². The van der Waals surface area contributed by atoms with Gasteiger partial charge in [0.25, 0.3) is 0 Å². The first-order chi connectivity index (χ1) is 28.5. The molecule has 0 saturated heterocycles. The van der Waals surface area contributed by atoms with Crippen molar-refractivity contribution in [3.05, 3.63) is 193 Å². The van der Waals surface area contributed by atoms with Gasteiger partial charge in [-0.25, -0.2) is 4.98 Å². The summed E-state index contributed by atoms with van der Waals surface area (Å²) in [5, 5.41) is 6.81. The summed E-state index contributed by atoms with van der Waals surface area (Å²) >= 11 is 0. The Morgan fingerprint density at radius 3 is 1.57 bits per heavy atom. The van der Waals surface area contributed by atoms with E-state index in [1.807, 2.05) is 6.20 Å². The van der Waals surface area contributed by atoms with Crippen LogP contribution in [0, 0.1) is 0 Å². The number of para-hydroxylation sites is 2. The van der Waals surface area contributed by atoms with Crippen molar-refractivity contribution in [3.8, 4) is 55.8 Å². The molecule has 11 aromatic rings. The molecule has 2 aromatic heterocycles. The van der Waals surface area contributed by atoms with Crippen molar-refractivity contribution >= 4 is 54.5 Å². The van der Waals surface area contributed by atoms with Crippen molar-refractivity contribution in [2.24, 2.45) is 0 Å². The van der Waals surface area contributed by atoms with Crippen LogP contribution in [0.3, 0.4) is 0 Å². The SMILES string of the molecule is CC1(C)c2ccccc2-c2ccc(-c3cccc4c3oc3c(-c5ccccc5-c5ccccc5-c5cnc6c7ccccc7c7ccccc7c6n5)cccc34)cc21. The minimum atomic E-state index is -0.0858. The summed E-state index contributed by atoms with van der Waals surface area (Å²) in [7, 11) is 0. The summed E-state index contributed by atoms with van der Waals surface area (Å²) in [6, 6.07) is 63.0. The predicted octanol–water partition coefficient (Wildman–Crippen LogP) is 14.8. The highest BCUT2D eigenvalue weighted by atomic mass is 16.3. The zero-order chi connectivity index (χ0) is 38.5. The number of benzene rings is 9. The molecule has 0 saturated carbocycles. The van der Waals surface area contributed by atoms with Gasteiger partial charge < -0.3 is 4.42 Å². The zero-order valence-electron chi connectivity index (χ0n) is 32.1. The number of hydrogen-bond donors (Lipinski definition) is 0. The standard InChI is InChI=1S/C55H36N2O/c1-55(2)48-28-12-11-20-40(48)41-30-29-33(31-49(41)55)34-24-13-26-46-47-27-14-25-45(54(47)58-53(34)46)39-19-4-3-15-35(39)36-16-5-8-21-42(36)50-32-56-51-43-22-9-6-17-37(43)38-18-7-10-23-44(38)52(51)57-50/h3-32H,1-2H3. The Kier molecular flexibility index (Phi) is 6.98. The van der Waals surface area contributed by atoms with E-state index in [4.69, 9.17) is 14.4 Å². The van der Waals surface area contributed by atoms with E-state index in [2.05, 4.69) is 190 Å². The Morgan fingerprint density at radius 2 is 0.862 bits per heavy atom. The van der Waals surface area contributed by atoms with Gasteiger partial charge in [0, 0.05) is 43.7 Å². The molecule has 0 fully saturated rings. The molecule has 3 heteroatoms. The molecule has 0 N–H and O–H groups in total. The lowest BCUT2D eigenvalue weighted by Gasteiger charge is -2.22. The van der Waals surface area contributed by atoms with E-state index >= 15 is 0 Å². The Balaban J connectivity index is 1.02. The second-order valence-electron chi connectivity index (χ2n) is 16.0. The first-order valence-corrected chi connectivity index (χ1v) is 20.0. The van der Waals surface area contributed by atoms with Crippen LogP contribution >= 0.6 is 0 Å². The molecular weight excluding hydrogens is 705 g/mol. The molecule has 12 rings (SSSR count). The van der Waals surface area contributed by atoms with Crippen molar-refractivity contribution in [2.75, 3.05) is 0 Å². The molecule has 1 aliphatic carbocycles. The van der Waals surface area contributed by atoms with Crippen molar-refractivity contribution < 1.29 is 4.42 Å². The average Bonchev–Trinajstić information content (AvgIpc) is 3.78. The fourth-order valence-electron chi connectivity index (χ4n) is 9.78. The third-order valence-corrected chi connectivity index (χ3v) is 12.6. The Labute approximate surface area is 335 Å². The van der Waals surface area contributed by atoms with E-state index in [1.54, 1.807) is 0 Å². The van der Waals surface area contributed by atoms with Crippen LogP contribution in [0.4, 0.5) is 0 Å². The third kappa shape index (κ3) is 4.68. The first kappa shape index (κ1) is 32.8. The van der Waals surface area contributed by atoms with E-state index in [0.717, 1.165) is 88.4 Å². The highest BCUT2D eigenvalue weighted by Gasteiger charge is 2.35. The molecule has 0 radical (unpaired) electrons. The van der Waals surface area contributed by atoms with Gasteiger partial charge in [-0.2, -0.15) is 0 Å². The van der Waals surface area contributed by atoms with Crippen LogP contribution in [-0.2, 0) is 5.41 Å². The van der Waals surface area contributed by atoms with Crippen molar-refractivity contribution in [3.63, 3.8) is 0 Å². The van der Waals surface area contributed by atoms with Gasteiger partial charge in [-0.3, -0.25) is 4.98 Å². The zero-order valence-corrected chi connectivity index (χ0v) is 32.1. The topological polar surface area (TPSA) is 38.9 Å². The normalized spacial score (nSPS) is 13.1. The summed E-state index contributed by atoms with van der Waals surface area (Å²) in [5.41, 5.74) is 17.4. The molecule has 272 valence electrons. The maximum absolute atomic E-state index is 7.06. The summed E-state index contributed by atoms with van der Waals surface area (Å²) in [4.78, 5) is 10.5. The smallest absolute Gasteiger partial charge is 0.143 e. The summed E-state index contributed by atoms with van der Waals surface area (Å²) in [5.74, 6) is 0. The number of rotatable bonds is 4. The molecule has 0 unspecified atom stereocenters. The Bertz CT molecular complexity index is 3460. The fourth-order valence-corrected chi connectivity index (χ4v) is 9.78. The van der Waals surface area contributed by atoms with Crippen LogP contribution in [0.5, 0.6) is 0 Å². The molecule has 1 aliphatic rings. The van der Waals surface area contributed by atoms with E-state index in [-0.39, 0.29) is 5.41 Å². The van der Waals surface area contributed by atoms with Gasteiger partial charge in [-0.1, -0.05) is 184 Å². The molecular formula is C55H36N2O. The van der Waals surface area contributed by atoms with Crippen LogP contribution in [0.2, 0.25) is 0 Å². The second-order valence-corrected chi connectivity index (χ2v) is 16.0. The molecule has 3 nitrogen and oxygen atoms in total. The van der Waals surface area contributed by atoms with Crippen LogP contribution < -0.4 is 0 Å². The highest BCUT2D eigenvalue weighted by Crippen LogP contribution is 2.50. The lowest BCUT2D eigenvalue weighted by Crippen LogP contribution is -2.14. The molecule has 0 aliphatic heterocycles. The van der Waals surface area contributed by atoms with Gasteiger partial charge in [0.1, 0.15) is 11.2 Å². The number of hydrogen-bond acceptors (Lipinski definition) is 3. The number of furan rings is 1. The van der Waals surface area contributed by atoms with E-state index in [9.17, 15) is 0 Å². The molecule has 9 aromatic carbocycles. The Hall–Kier alpha value is -7.36. The van der Waals surface area contributed by atoms with Crippen LogP contribution in [-0.4, -0.2) is 9.97 Å². The highest BCUT2D eigenvalue weighted by molar-refractivity contribution is 6.23. The molecule has 0 amide bonds. The third-order valence-electron chi connectivity index (χ3n) is 12.6. The van der Waals surface area contributed by atoms with Crippen molar-refractivity contribution in [1.29, 1.82) is 0 Å². The van der Waals surface area contributed by atoms with Crippen LogP contribution in [0.15, 0.2) is 187 Å². The molecule has 0 spiro atoms. The monoisotopic (exact) mass is 740 g/mol. The lowest BCUT2D eigenvalue weighted by molar-refractivity contribution is 0.660. The number of aromatic nitrogens is 2. The van der Waals surface area contributed by atoms with Gasteiger partial charge in [0.15, 0.2) is 0 Å². The largest absolute Gasteiger partial charge is 0.455 e. The summed E-state index contributed by atoms with van der Waals surface area (Å²) in [6.45, 7) is 4.67. The molecule has 0 bridgehead atoms. The van der Waals surface area contributed by atoms with Crippen molar-refractivity contribution in [1.82, 2.24) is 9.97 Å².